The molecule has 5 N–H and O–H groups in total. The highest BCUT2D eigenvalue weighted by molar-refractivity contribution is 5.77. The van der Waals surface area contributed by atoms with E-state index in [1.54, 1.807) is 0 Å². The third-order valence-electron chi connectivity index (χ3n) is 2.62. The first kappa shape index (κ1) is 14.3. The zero-order valence-corrected chi connectivity index (χ0v) is 9.18. The lowest BCUT2D eigenvalue weighted by atomic mass is 9.93. The van der Waals surface area contributed by atoms with Crippen LogP contribution in [-0.4, -0.2) is 75.4 Å². The van der Waals surface area contributed by atoms with Crippen LogP contribution in [0.15, 0.2) is 0 Å². The van der Waals surface area contributed by atoms with E-state index in [-0.39, 0.29) is 0 Å². The van der Waals surface area contributed by atoms with Crippen LogP contribution in [0.25, 0.3) is 0 Å². The van der Waals surface area contributed by atoms with Gasteiger partial charge in [0, 0.05) is 6.42 Å². The van der Waals surface area contributed by atoms with Crippen LogP contribution in [0.4, 0.5) is 0 Å². The van der Waals surface area contributed by atoms with Crippen LogP contribution in [0.3, 0.4) is 0 Å². The summed E-state index contributed by atoms with van der Waals surface area (Å²) in [5.74, 6) is -3.60. The van der Waals surface area contributed by atoms with Gasteiger partial charge in [-0.25, -0.2) is 4.79 Å². The van der Waals surface area contributed by atoms with Crippen LogP contribution in [0.2, 0.25) is 0 Å². The van der Waals surface area contributed by atoms with Gasteiger partial charge in [-0.2, -0.15) is 0 Å². The average Bonchev–Trinajstić information content (AvgIpc) is 2.31. The SMILES string of the molecule is COC(=O)[C@@]1(O)C[C@@H](O)[C@@H](O)[C@@H](C(O)CO)O1. The maximum Gasteiger partial charge on any atom is 0.366 e. The van der Waals surface area contributed by atoms with Crippen LogP contribution in [0, 0.1) is 0 Å². The van der Waals surface area contributed by atoms with Crippen LogP contribution < -0.4 is 0 Å². The average molecular weight is 252 g/mol. The Balaban J connectivity index is 2.90. The van der Waals surface area contributed by atoms with Gasteiger partial charge in [0.15, 0.2) is 0 Å². The van der Waals surface area contributed by atoms with Gasteiger partial charge in [0.05, 0.1) is 19.8 Å². The van der Waals surface area contributed by atoms with Crippen LogP contribution in [0.5, 0.6) is 0 Å². The van der Waals surface area contributed by atoms with Gasteiger partial charge in [0.1, 0.15) is 18.3 Å². The largest absolute Gasteiger partial charge is 0.465 e. The number of aliphatic hydroxyl groups excluding tert-OH is 4. The van der Waals surface area contributed by atoms with Crippen molar-refractivity contribution in [2.24, 2.45) is 0 Å². The molecular formula is C9H16O8. The zero-order valence-electron chi connectivity index (χ0n) is 9.18. The van der Waals surface area contributed by atoms with Crippen LogP contribution in [0.1, 0.15) is 6.42 Å². The van der Waals surface area contributed by atoms with Crippen molar-refractivity contribution in [2.75, 3.05) is 13.7 Å². The van der Waals surface area contributed by atoms with E-state index in [0.29, 0.717) is 0 Å². The van der Waals surface area contributed by atoms with E-state index in [9.17, 15) is 25.2 Å². The molecule has 1 aliphatic rings. The van der Waals surface area contributed by atoms with Crippen molar-refractivity contribution in [3.8, 4) is 0 Å². The number of rotatable bonds is 3. The molecule has 5 atom stereocenters. The number of aliphatic hydroxyl groups is 5. The molecular weight excluding hydrogens is 236 g/mol. The summed E-state index contributed by atoms with van der Waals surface area (Å²) in [4.78, 5) is 11.3. The van der Waals surface area contributed by atoms with E-state index in [2.05, 4.69) is 4.74 Å². The molecule has 0 aliphatic carbocycles. The second-order valence-electron chi connectivity index (χ2n) is 3.87. The molecule has 1 heterocycles. The van der Waals surface area contributed by atoms with E-state index in [1.807, 2.05) is 0 Å². The summed E-state index contributed by atoms with van der Waals surface area (Å²) < 4.78 is 9.11. The van der Waals surface area contributed by atoms with Gasteiger partial charge in [0.2, 0.25) is 0 Å². The number of methoxy groups -OCH3 is 1. The minimum Gasteiger partial charge on any atom is -0.465 e. The number of hydrogen-bond acceptors (Lipinski definition) is 8. The summed E-state index contributed by atoms with van der Waals surface area (Å²) >= 11 is 0. The van der Waals surface area contributed by atoms with Crippen LogP contribution in [-0.2, 0) is 14.3 Å². The zero-order chi connectivity index (χ0) is 13.2. The second kappa shape index (κ2) is 5.25. The summed E-state index contributed by atoms with van der Waals surface area (Å²) in [7, 11) is 1.01. The Bertz CT molecular complexity index is 282. The summed E-state index contributed by atoms with van der Waals surface area (Å²) in [6.07, 6.45) is -6.64. The van der Waals surface area contributed by atoms with Crippen molar-refractivity contribution in [1.82, 2.24) is 0 Å². The van der Waals surface area contributed by atoms with Crippen LogP contribution >= 0.6 is 0 Å². The summed E-state index contributed by atoms with van der Waals surface area (Å²) in [5.41, 5.74) is 0. The minimum absolute atomic E-state index is 0.588. The van der Waals surface area contributed by atoms with Gasteiger partial charge < -0.3 is 35.0 Å². The maximum absolute atomic E-state index is 11.3. The highest BCUT2D eigenvalue weighted by Gasteiger charge is 2.52. The van der Waals surface area contributed by atoms with Crippen molar-refractivity contribution >= 4 is 5.97 Å². The number of carbonyl (C=O) groups excluding carboxylic acids is 1. The number of esters is 1. The molecule has 0 aromatic carbocycles. The summed E-state index contributed by atoms with van der Waals surface area (Å²) in [5, 5.41) is 46.9. The van der Waals surface area contributed by atoms with Gasteiger partial charge in [0.25, 0.3) is 5.79 Å². The first-order chi connectivity index (χ1) is 7.85. The molecule has 8 heteroatoms. The molecule has 0 bridgehead atoms. The Morgan fingerprint density at radius 3 is 2.65 bits per heavy atom. The fourth-order valence-electron chi connectivity index (χ4n) is 1.67. The normalized spacial score (nSPS) is 39.8. The highest BCUT2D eigenvalue weighted by atomic mass is 16.7. The maximum atomic E-state index is 11.3. The number of hydrogen-bond donors (Lipinski definition) is 5. The van der Waals surface area contributed by atoms with E-state index in [4.69, 9.17) is 9.84 Å². The van der Waals surface area contributed by atoms with E-state index in [1.165, 1.54) is 0 Å². The molecule has 8 nitrogen and oxygen atoms in total. The standard InChI is InChI=1S/C9H16O8/c1-16-8(14)9(15)2-4(11)6(13)7(17-9)5(12)3-10/h4-7,10-13,15H,2-3H2,1H3/t4-,5?,6-,7-,9-/m1/s1. The summed E-state index contributed by atoms with van der Waals surface area (Å²) in [6.45, 7) is -0.758. The van der Waals surface area contributed by atoms with Gasteiger partial charge in [-0.1, -0.05) is 0 Å². The van der Waals surface area contributed by atoms with E-state index in [0.717, 1.165) is 7.11 Å². The van der Waals surface area contributed by atoms with Crippen molar-refractivity contribution in [2.45, 2.75) is 36.6 Å². The number of ether oxygens (including phenoxy) is 2. The second-order valence-corrected chi connectivity index (χ2v) is 3.87. The molecule has 0 aromatic rings. The molecule has 0 saturated carbocycles. The highest BCUT2D eigenvalue weighted by Crippen LogP contribution is 2.30. The molecule has 0 amide bonds. The minimum atomic E-state index is -2.45. The monoisotopic (exact) mass is 252 g/mol. The molecule has 17 heavy (non-hydrogen) atoms. The molecule has 1 unspecified atom stereocenters. The quantitative estimate of drug-likeness (QED) is 0.330. The van der Waals surface area contributed by atoms with Crippen molar-refractivity contribution in [3.05, 3.63) is 0 Å². The lowest BCUT2D eigenvalue weighted by Gasteiger charge is -2.41. The van der Waals surface area contributed by atoms with Gasteiger partial charge in [-0.15, -0.1) is 0 Å². The third-order valence-corrected chi connectivity index (χ3v) is 2.62. The molecule has 0 radical (unpaired) electrons. The lowest BCUT2D eigenvalue weighted by molar-refractivity contribution is -0.309. The van der Waals surface area contributed by atoms with Gasteiger partial charge in [-0.3, -0.25) is 0 Å². The molecule has 1 rings (SSSR count). The molecule has 100 valence electrons. The van der Waals surface area contributed by atoms with Gasteiger partial charge >= 0.3 is 5.97 Å². The van der Waals surface area contributed by atoms with Crippen molar-refractivity contribution in [1.29, 1.82) is 0 Å². The smallest absolute Gasteiger partial charge is 0.366 e. The molecule has 0 aromatic heterocycles. The molecule has 0 spiro atoms. The Morgan fingerprint density at radius 2 is 2.18 bits per heavy atom. The Kier molecular flexibility index (Phi) is 4.42. The Morgan fingerprint density at radius 1 is 1.59 bits per heavy atom. The predicted octanol–water partition coefficient (Wildman–Crippen LogP) is -3.29. The van der Waals surface area contributed by atoms with Crippen molar-refractivity contribution in [3.63, 3.8) is 0 Å². The van der Waals surface area contributed by atoms with E-state index < -0.39 is 49.2 Å². The summed E-state index contributed by atoms with van der Waals surface area (Å²) in [6, 6.07) is 0. The first-order valence-corrected chi connectivity index (χ1v) is 4.99. The van der Waals surface area contributed by atoms with E-state index >= 15 is 0 Å². The number of carbonyl (C=O) groups is 1. The fraction of sp³-hybridized carbons (Fsp3) is 0.889. The third kappa shape index (κ3) is 2.73. The topological polar surface area (TPSA) is 137 Å². The lowest BCUT2D eigenvalue weighted by Crippen LogP contribution is -2.61. The molecule has 1 aliphatic heterocycles. The van der Waals surface area contributed by atoms with Gasteiger partial charge in [-0.05, 0) is 0 Å². The fourth-order valence-corrected chi connectivity index (χ4v) is 1.67. The first-order valence-electron chi connectivity index (χ1n) is 4.99. The molecule has 1 saturated heterocycles. The Labute approximate surface area is 97.0 Å². The Hall–Kier alpha value is -0.770. The van der Waals surface area contributed by atoms with Crippen molar-refractivity contribution < 1.29 is 39.8 Å². The molecule has 1 fully saturated rings. The predicted molar refractivity (Wildman–Crippen MR) is 51.6 cm³/mol.